The van der Waals surface area contributed by atoms with E-state index in [9.17, 15) is 13.6 Å². The maximum atomic E-state index is 13.5. The molecule has 1 saturated heterocycles. The fourth-order valence-electron chi connectivity index (χ4n) is 2.49. The van der Waals surface area contributed by atoms with Crippen molar-refractivity contribution in [2.45, 2.75) is 32.4 Å². The molecule has 1 aliphatic rings. The van der Waals surface area contributed by atoms with Gasteiger partial charge in [0, 0.05) is 30.7 Å². The number of hydrogen-bond acceptors (Lipinski definition) is 2. The molecular formula is C14H19ClF2N2O. The molecule has 6 heteroatoms. The van der Waals surface area contributed by atoms with E-state index in [4.69, 9.17) is 0 Å². The lowest BCUT2D eigenvalue weighted by molar-refractivity contribution is -0.132. The Hall–Kier alpha value is -1.20. The summed E-state index contributed by atoms with van der Waals surface area (Å²) in [4.78, 5) is 13.8. The molecule has 1 aliphatic heterocycles. The fourth-order valence-corrected chi connectivity index (χ4v) is 2.49. The Morgan fingerprint density at radius 3 is 2.25 bits per heavy atom. The molecule has 1 aromatic carbocycles. The van der Waals surface area contributed by atoms with Gasteiger partial charge in [0.25, 0.3) is 0 Å². The molecule has 1 amide bonds. The standard InChI is InChI=1S/C14H18F2N2O.ClH/c1-9-7-18(8-10(2)17-9)14(19)6-11-12(15)4-3-5-13(11)16;/h3-5,9-10,17H,6-8H2,1-2H3;1H. The predicted molar refractivity (Wildman–Crippen MR) is 75.9 cm³/mol. The van der Waals surface area contributed by atoms with Gasteiger partial charge in [-0.15, -0.1) is 12.4 Å². The molecule has 3 nitrogen and oxygen atoms in total. The summed E-state index contributed by atoms with van der Waals surface area (Å²) in [5, 5.41) is 3.31. The summed E-state index contributed by atoms with van der Waals surface area (Å²) < 4.78 is 27.0. The summed E-state index contributed by atoms with van der Waals surface area (Å²) in [5.41, 5.74) is -0.147. The van der Waals surface area contributed by atoms with Gasteiger partial charge in [-0.05, 0) is 26.0 Å². The minimum atomic E-state index is -0.662. The summed E-state index contributed by atoms with van der Waals surface area (Å²) in [5.74, 6) is -1.56. The van der Waals surface area contributed by atoms with Crippen LogP contribution >= 0.6 is 12.4 Å². The molecule has 0 radical (unpaired) electrons. The van der Waals surface area contributed by atoms with E-state index in [1.165, 1.54) is 18.2 Å². The number of hydrogen-bond donors (Lipinski definition) is 1. The van der Waals surface area contributed by atoms with Gasteiger partial charge in [-0.3, -0.25) is 4.79 Å². The Balaban J connectivity index is 0.00000200. The van der Waals surface area contributed by atoms with Crippen LogP contribution < -0.4 is 5.32 Å². The van der Waals surface area contributed by atoms with E-state index < -0.39 is 11.6 Å². The smallest absolute Gasteiger partial charge is 0.227 e. The zero-order valence-corrected chi connectivity index (χ0v) is 12.3. The highest BCUT2D eigenvalue weighted by molar-refractivity contribution is 5.85. The molecule has 0 spiro atoms. The molecule has 1 aromatic rings. The summed E-state index contributed by atoms with van der Waals surface area (Å²) in [6.07, 6.45) is -0.224. The van der Waals surface area contributed by atoms with Crippen LogP contribution in [0.25, 0.3) is 0 Å². The summed E-state index contributed by atoms with van der Waals surface area (Å²) in [6, 6.07) is 4.04. The predicted octanol–water partition coefficient (Wildman–Crippen LogP) is 2.14. The number of piperazine rings is 1. The van der Waals surface area contributed by atoms with Crippen molar-refractivity contribution in [2.24, 2.45) is 0 Å². The second-order valence-electron chi connectivity index (χ2n) is 5.14. The minimum absolute atomic E-state index is 0. The second kappa shape index (κ2) is 6.99. The zero-order valence-electron chi connectivity index (χ0n) is 11.5. The molecule has 2 rings (SSSR count). The lowest BCUT2D eigenvalue weighted by Crippen LogP contribution is -2.56. The molecule has 1 fully saturated rings. The average molecular weight is 305 g/mol. The van der Waals surface area contributed by atoms with Crippen LogP contribution in [0.2, 0.25) is 0 Å². The van der Waals surface area contributed by atoms with Crippen LogP contribution in [0.3, 0.4) is 0 Å². The molecular weight excluding hydrogens is 286 g/mol. The number of amides is 1. The molecule has 2 unspecified atom stereocenters. The van der Waals surface area contributed by atoms with Crippen LogP contribution in [0.1, 0.15) is 19.4 Å². The number of carbonyl (C=O) groups excluding carboxylic acids is 1. The van der Waals surface area contributed by atoms with Crippen LogP contribution in [0.5, 0.6) is 0 Å². The molecule has 0 saturated carbocycles. The molecule has 0 bridgehead atoms. The maximum Gasteiger partial charge on any atom is 0.227 e. The van der Waals surface area contributed by atoms with Crippen molar-refractivity contribution in [3.8, 4) is 0 Å². The van der Waals surface area contributed by atoms with Gasteiger partial charge in [0.15, 0.2) is 0 Å². The van der Waals surface area contributed by atoms with Crippen molar-refractivity contribution in [3.05, 3.63) is 35.4 Å². The molecule has 0 aliphatic carbocycles. The zero-order chi connectivity index (χ0) is 14.0. The van der Waals surface area contributed by atoms with Crippen molar-refractivity contribution < 1.29 is 13.6 Å². The summed E-state index contributed by atoms with van der Waals surface area (Å²) in [7, 11) is 0. The number of nitrogens with one attached hydrogen (secondary N) is 1. The molecule has 0 aromatic heterocycles. The summed E-state index contributed by atoms with van der Waals surface area (Å²) in [6.45, 7) is 5.11. The normalized spacial score (nSPS) is 22.3. The lowest BCUT2D eigenvalue weighted by Gasteiger charge is -2.36. The first-order valence-corrected chi connectivity index (χ1v) is 6.44. The van der Waals surface area contributed by atoms with Crippen LogP contribution in [0.15, 0.2) is 18.2 Å². The quantitative estimate of drug-likeness (QED) is 0.908. The van der Waals surface area contributed by atoms with E-state index in [0.29, 0.717) is 13.1 Å². The van der Waals surface area contributed by atoms with Gasteiger partial charge in [-0.2, -0.15) is 0 Å². The Labute approximate surface area is 123 Å². The highest BCUT2D eigenvalue weighted by Crippen LogP contribution is 2.15. The average Bonchev–Trinajstić information content (AvgIpc) is 2.32. The summed E-state index contributed by atoms with van der Waals surface area (Å²) >= 11 is 0. The van der Waals surface area contributed by atoms with E-state index in [1.807, 2.05) is 13.8 Å². The lowest BCUT2D eigenvalue weighted by atomic mass is 10.1. The third-order valence-electron chi connectivity index (χ3n) is 3.30. The van der Waals surface area contributed by atoms with Crippen molar-refractivity contribution in [1.82, 2.24) is 10.2 Å². The van der Waals surface area contributed by atoms with Crippen LogP contribution in [0.4, 0.5) is 8.78 Å². The SMILES string of the molecule is CC1CN(C(=O)Cc2c(F)cccc2F)CC(C)N1.Cl. The fraction of sp³-hybridized carbons (Fsp3) is 0.500. The Bertz CT molecular complexity index is 454. The topological polar surface area (TPSA) is 32.3 Å². The Morgan fingerprint density at radius 2 is 1.75 bits per heavy atom. The third-order valence-corrected chi connectivity index (χ3v) is 3.30. The van der Waals surface area contributed by atoms with Crippen LogP contribution in [-0.4, -0.2) is 36.0 Å². The first-order valence-electron chi connectivity index (χ1n) is 6.44. The number of halogens is 3. The second-order valence-corrected chi connectivity index (χ2v) is 5.14. The van der Waals surface area contributed by atoms with Gasteiger partial charge in [0.1, 0.15) is 11.6 Å². The van der Waals surface area contributed by atoms with E-state index in [0.717, 1.165) is 0 Å². The van der Waals surface area contributed by atoms with Crippen molar-refractivity contribution in [1.29, 1.82) is 0 Å². The minimum Gasteiger partial charge on any atom is -0.339 e. The first-order chi connectivity index (χ1) is 8.97. The maximum absolute atomic E-state index is 13.5. The Kier molecular flexibility index (Phi) is 5.89. The molecule has 20 heavy (non-hydrogen) atoms. The van der Waals surface area contributed by atoms with E-state index in [1.54, 1.807) is 4.90 Å². The van der Waals surface area contributed by atoms with Crippen molar-refractivity contribution in [3.63, 3.8) is 0 Å². The van der Waals surface area contributed by atoms with Crippen molar-refractivity contribution in [2.75, 3.05) is 13.1 Å². The molecule has 2 atom stereocenters. The van der Waals surface area contributed by atoms with Crippen molar-refractivity contribution >= 4 is 18.3 Å². The van der Waals surface area contributed by atoms with E-state index in [2.05, 4.69) is 5.32 Å². The van der Waals surface area contributed by atoms with Crippen LogP contribution in [-0.2, 0) is 11.2 Å². The number of benzene rings is 1. The molecule has 1 heterocycles. The van der Waals surface area contributed by atoms with Gasteiger partial charge in [0.05, 0.1) is 6.42 Å². The number of carbonyl (C=O) groups is 1. The largest absolute Gasteiger partial charge is 0.339 e. The monoisotopic (exact) mass is 304 g/mol. The number of rotatable bonds is 2. The Morgan fingerprint density at radius 1 is 1.25 bits per heavy atom. The molecule has 1 N–H and O–H groups in total. The van der Waals surface area contributed by atoms with Gasteiger partial charge in [-0.1, -0.05) is 6.07 Å². The van der Waals surface area contributed by atoms with E-state index in [-0.39, 0.29) is 42.4 Å². The highest BCUT2D eigenvalue weighted by Gasteiger charge is 2.25. The first kappa shape index (κ1) is 16.9. The van der Waals surface area contributed by atoms with Gasteiger partial charge >= 0.3 is 0 Å². The van der Waals surface area contributed by atoms with Gasteiger partial charge in [-0.25, -0.2) is 8.78 Å². The highest BCUT2D eigenvalue weighted by atomic mass is 35.5. The van der Waals surface area contributed by atoms with E-state index >= 15 is 0 Å². The van der Waals surface area contributed by atoms with Crippen LogP contribution in [0, 0.1) is 11.6 Å². The third kappa shape index (κ3) is 3.90. The molecule has 112 valence electrons. The van der Waals surface area contributed by atoms with Gasteiger partial charge < -0.3 is 10.2 Å². The van der Waals surface area contributed by atoms with Gasteiger partial charge in [0.2, 0.25) is 5.91 Å². The number of nitrogens with zero attached hydrogens (tertiary/aromatic N) is 1.